The zero-order chi connectivity index (χ0) is 15.1. The van der Waals surface area contributed by atoms with Gasteiger partial charge in [0.15, 0.2) is 0 Å². The molecule has 0 amide bonds. The number of imidazole rings is 1. The molecule has 3 heterocycles. The highest BCUT2D eigenvalue weighted by Crippen LogP contribution is 2.22. The lowest BCUT2D eigenvalue weighted by atomic mass is 10.2. The molecule has 0 aliphatic rings. The van der Waals surface area contributed by atoms with Gasteiger partial charge in [-0.05, 0) is 35.4 Å². The van der Waals surface area contributed by atoms with Crippen LogP contribution in [-0.2, 0) is 13.6 Å². The molecule has 7 heteroatoms. The Hall–Kier alpha value is -2.60. The van der Waals surface area contributed by atoms with E-state index in [-0.39, 0.29) is 5.28 Å². The van der Waals surface area contributed by atoms with Gasteiger partial charge in [-0.3, -0.25) is 0 Å². The molecule has 110 valence electrons. The van der Waals surface area contributed by atoms with E-state index < -0.39 is 0 Å². The van der Waals surface area contributed by atoms with Crippen molar-refractivity contribution < 1.29 is 0 Å². The predicted octanol–water partition coefficient (Wildman–Crippen LogP) is 3.11. The Morgan fingerprint density at radius 2 is 2.18 bits per heavy atom. The average Bonchev–Trinajstić information content (AvgIpc) is 3.11. The van der Waals surface area contributed by atoms with Crippen molar-refractivity contribution in [2.24, 2.45) is 7.05 Å². The maximum atomic E-state index is 5.95. The fraction of sp³-hybridized carbons (Fsp3) is 0.133. The number of nitrogens with one attached hydrogen (secondary N) is 2. The quantitative estimate of drug-likeness (QED) is 0.570. The Kier molecular flexibility index (Phi) is 2.97. The summed E-state index contributed by atoms with van der Waals surface area (Å²) >= 11 is 5.95. The second-order valence-electron chi connectivity index (χ2n) is 5.11. The second-order valence-corrected chi connectivity index (χ2v) is 5.45. The lowest BCUT2D eigenvalue weighted by Crippen LogP contribution is -2.03. The number of hydrogen-bond acceptors (Lipinski definition) is 4. The summed E-state index contributed by atoms with van der Waals surface area (Å²) in [5.41, 5.74) is 3.95. The Bertz CT molecular complexity index is 971. The molecule has 0 aliphatic heterocycles. The summed E-state index contributed by atoms with van der Waals surface area (Å²) in [6.45, 7) is 0.639. The number of anilines is 1. The Morgan fingerprint density at radius 3 is 3.09 bits per heavy atom. The third kappa shape index (κ3) is 2.17. The number of nitrogens with zero attached hydrogens (tertiary/aromatic N) is 4. The first-order chi connectivity index (χ1) is 10.7. The van der Waals surface area contributed by atoms with E-state index in [1.165, 1.54) is 0 Å². The average molecular weight is 313 g/mol. The fourth-order valence-corrected chi connectivity index (χ4v) is 2.70. The standard InChI is InChI=1S/C15H13ClN6/c1-22-8-19-11-6-9(2-3-12(11)22)7-18-14-10-4-5-17-13(10)20-15(16)21-14/h2-6,8H,7H2,1H3,(H2,17,18,20,21). The zero-order valence-electron chi connectivity index (χ0n) is 11.8. The number of aromatic nitrogens is 5. The van der Waals surface area contributed by atoms with Crippen LogP contribution in [0.25, 0.3) is 22.1 Å². The molecule has 0 aliphatic carbocycles. The van der Waals surface area contributed by atoms with Gasteiger partial charge >= 0.3 is 0 Å². The van der Waals surface area contributed by atoms with Crippen molar-refractivity contribution in [2.45, 2.75) is 6.54 Å². The summed E-state index contributed by atoms with van der Waals surface area (Å²) in [7, 11) is 1.98. The van der Waals surface area contributed by atoms with Crippen molar-refractivity contribution in [3.8, 4) is 0 Å². The molecule has 0 atom stereocenters. The minimum Gasteiger partial charge on any atom is -0.365 e. The van der Waals surface area contributed by atoms with E-state index in [0.717, 1.165) is 33.4 Å². The summed E-state index contributed by atoms with van der Waals surface area (Å²) in [6, 6.07) is 8.14. The lowest BCUT2D eigenvalue weighted by molar-refractivity contribution is 0.947. The fourth-order valence-electron chi connectivity index (χ4n) is 2.53. The van der Waals surface area contributed by atoms with Gasteiger partial charge in [0, 0.05) is 19.8 Å². The number of H-pyrrole nitrogens is 1. The molecule has 0 unspecified atom stereocenters. The number of aryl methyl sites for hydroxylation is 1. The van der Waals surface area contributed by atoms with E-state index in [4.69, 9.17) is 11.6 Å². The molecule has 0 fully saturated rings. The van der Waals surface area contributed by atoms with Crippen LogP contribution < -0.4 is 5.32 Å². The molecule has 0 spiro atoms. The summed E-state index contributed by atoms with van der Waals surface area (Å²) in [6.07, 6.45) is 3.64. The first-order valence-electron chi connectivity index (χ1n) is 6.85. The SMILES string of the molecule is Cn1cnc2cc(CNc3nc(Cl)nc4[nH]ccc34)ccc21. The minimum absolute atomic E-state index is 0.220. The third-order valence-corrected chi connectivity index (χ3v) is 3.81. The topological polar surface area (TPSA) is 71.4 Å². The van der Waals surface area contributed by atoms with Gasteiger partial charge in [-0.25, -0.2) is 9.97 Å². The van der Waals surface area contributed by atoms with Gasteiger partial charge in [-0.1, -0.05) is 6.07 Å². The molecule has 4 rings (SSSR count). The molecule has 1 aromatic carbocycles. The highest BCUT2D eigenvalue weighted by atomic mass is 35.5. The Morgan fingerprint density at radius 1 is 1.27 bits per heavy atom. The van der Waals surface area contributed by atoms with Crippen LogP contribution in [0, 0.1) is 0 Å². The van der Waals surface area contributed by atoms with Gasteiger partial charge in [-0.15, -0.1) is 0 Å². The molecule has 0 bridgehead atoms. The smallest absolute Gasteiger partial charge is 0.226 e. The number of benzene rings is 1. The largest absolute Gasteiger partial charge is 0.365 e. The Labute approximate surface area is 131 Å². The molecule has 0 saturated carbocycles. The molecule has 3 aromatic heterocycles. The summed E-state index contributed by atoms with van der Waals surface area (Å²) < 4.78 is 2.00. The van der Waals surface area contributed by atoms with Crippen LogP contribution in [0.15, 0.2) is 36.8 Å². The van der Waals surface area contributed by atoms with Crippen LogP contribution in [0.4, 0.5) is 5.82 Å². The molecular weight excluding hydrogens is 300 g/mol. The van der Waals surface area contributed by atoms with Crippen LogP contribution in [0.3, 0.4) is 0 Å². The van der Waals surface area contributed by atoms with Crippen molar-refractivity contribution in [3.63, 3.8) is 0 Å². The molecule has 0 saturated heterocycles. The Balaban J connectivity index is 1.63. The highest BCUT2D eigenvalue weighted by Gasteiger charge is 2.08. The summed E-state index contributed by atoms with van der Waals surface area (Å²) in [5, 5.41) is 4.45. The number of halogens is 1. The molecule has 4 aromatic rings. The van der Waals surface area contributed by atoms with Crippen molar-refractivity contribution in [1.29, 1.82) is 0 Å². The van der Waals surface area contributed by atoms with Crippen molar-refractivity contribution in [2.75, 3.05) is 5.32 Å². The number of aromatic amines is 1. The molecule has 0 radical (unpaired) electrons. The lowest BCUT2D eigenvalue weighted by Gasteiger charge is -2.07. The molecule has 2 N–H and O–H groups in total. The van der Waals surface area contributed by atoms with Crippen molar-refractivity contribution in [3.05, 3.63) is 47.6 Å². The van der Waals surface area contributed by atoms with Crippen LogP contribution in [-0.4, -0.2) is 24.5 Å². The van der Waals surface area contributed by atoms with E-state index in [2.05, 4.69) is 43.5 Å². The van der Waals surface area contributed by atoms with Gasteiger partial charge in [0.1, 0.15) is 11.5 Å². The third-order valence-electron chi connectivity index (χ3n) is 3.64. The van der Waals surface area contributed by atoms with Gasteiger partial charge in [0.05, 0.1) is 22.7 Å². The zero-order valence-corrected chi connectivity index (χ0v) is 12.6. The van der Waals surface area contributed by atoms with Crippen LogP contribution >= 0.6 is 11.6 Å². The molecule has 6 nitrogen and oxygen atoms in total. The number of fused-ring (bicyclic) bond motifs is 2. The van der Waals surface area contributed by atoms with E-state index in [1.807, 2.05) is 30.2 Å². The summed E-state index contributed by atoms with van der Waals surface area (Å²) in [5.74, 6) is 0.720. The number of rotatable bonds is 3. The van der Waals surface area contributed by atoms with Crippen LogP contribution in [0.1, 0.15) is 5.56 Å². The van der Waals surface area contributed by atoms with E-state index in [9.17, 15) is 0 Å². The summed E-state index contributed by atoms with van der Waals surface area (Å²) in [4.78, 5) is 15.8. The van der Waals surface area contributed by atoms with E-state index in [1.54, 1.807) is 0 Å². The van der Waals surface area contributed by atoms with Gasteiger partial charge in [-0.2, -0.15) is 4.98 Å². The monoisotopic (exact) mass is 312 g/mol. The van der Waals surface area contributed by atoms with Gasteiger partial charge < -0.3 is 14.9 Å². The second kappa shape index (κ2) is 4.99. The maximum absolute atomic E-state index is 5.95. The highest BCUT2D eigenvalue weighted by molar-refractivity contribution is 6.28. The first-order valence-corrected chi connectivity index (χ1v) is 7.23. The van der Waals surface area contributed by atoms with Crippen molar-refractivity contribution in [1.82, 2.24) is 24.5 Å². The van der Waals surface area contributed by atoms with Crippen molar-refractivity contribution >= 4 is 39.5 Å². The minimum atomic E-state index is 0.220. The predicted molar refractivity (Wildman–Crippen MR) is 86.9 cm³/mol. The number of hydrogen-bond donors (Lipinski definition) is 2. The van der Waals surface area contributed by atoms with Gasteiger partial charge in [0.25, 0.3) is 0 Å². The van der Waals surface area contributed by atoms with E-state index >= 15 is 0 Å². The van der Waals surface area contributed by atoms with E-state index in [0.29, 0.717) is 6.54 Å². The van der Waals surface area contributed by atoms with Gasteiger partial charge in [0.2, 0.25) is 5.28 Å². The van der Waals surface area contributed by atoms with Crippen LogP contribution in [0.2, 0.25) is 5.28 Å². The molecular formula is C15H13ClN6. The maximum Gasteiger partial charge on any atom is 0.226 e. The normalized spacial score (nSPS) is 11.4. The first kappa shape index (κ1) is 13.1. The molecule has 22 heavy (non-hydrogen) atoms. The van der Waals surface area contributed by atoms with Crippen LogP contribution in [0.5, 0.6) is 0 Å².